The van der Waals surface area contributed by atoms with E-state index < -0.39 is 17.5 Å². The molecule has 0 aliphatic heterocycles. The number of phenols is 1. The van der Waals surface area contributed by atoms with E-state index in [1.54, 1.807) is 0 Å². The molecule has 0 aromatic heterocycles. The summed E-state index contributed by atoms with van der Waals surface area (Å²) < 4.78 is 17.7. The van der Waals surface area contributed by atoms with E-state index in [1.807, 2.05) is 0 Å². The molecule has 0 saturated heterocycles. The maximum absolute atomic E-state index is 13.1. The van der Waals surface area contributed by atoms with Gasteiger partial charge in [-0.3, -0.25) is 0 Å². The lowest BCUT2D eigenvalue weighted by molar-refractivity contribution is 0.0593. The number of carbonyl (C=O) groups is 1. The first-order valence-electron chi connectivity index (χ1n) is 3.33. The van der Waals surface area contributed by atoms with E-state index in [0.717, 1.165) is 13.2 Å². The van der Waals surface area contributed by atoms with Crippen LogP contribution in [0.2, 0.25) is 0 Å². The number of halogens is 2. The molecule has 1 N–H and O–H groups in total. The van der Waals surface area contributed by atoms with Crippen LogP contribution in [0.1, 0.15) is 10.4 Å². The predicted octanol–water partition coefficient (Wildman–Crippen LogP) is 2.08. The van der Waals surface area contributed by atoms with Crippen molar-refractivity contribution in [2.75, 3.05) is 7.11 Å². The van der Waals surface area contributed by atoms with Crippen molar-refractivity contribution in [1.29, 1.82) is 0 Å². The fraction of sp³-hybridized carbons (Fsp3) is 0.125. The molecule has 0 fully saturated rings. The van der Waals surface area contributed by atoms with Crippen LogP contribution in [0.15, 0.2) is 16.6 Å². The molecule has 1 aromatic carbocycles. The monoisotopic (exact) mass is 248 g/mol. The molecule has 5 heteroatoms. The fourth-order valence-corrected chi connectivity index (χ4v) is 1.30. The van der Waals surface area contributed by atoms with Crippen LogP contribution in [0.3, 0.4) is 0 Å². The Labute approximate surface area is 82.3 Å². The molecular weight excluding hydrogens is 243 g/mol. The second-order valence-electron chi connectivity index (χ2n) is 2.25. The van der Waals surface area contributed by atoms with E-state index >= 15 is 0 Å². The summed E-state index contributed by atoms with van der Waals surface area (Å²) in [5.74, 6) is -2.40. The van der Waals surface area contributed by atoms with Gasteiger partial charge in [-0.1, -0.05) is 0 Å². The first-order chi connectivity index (χ1) is 6.07. The van der Waals surface area contributed by atoms with Crippen LogP contribution in [0, 0.1) is 5.82 Å². The molecule has 3 nitrogen and oxygen atoms in total. The number of carbonyl (C=O) groups excluding carboxylic acids is 1. The Balaban J connectivity index is 3.33. The Morgan fingerprint density at radius 2 is 2.23 bits per heavy atom. The van der Waals surface area contributed by atoms with Gasteiger partial charge in [0.15, 0.2) is 11.6 Å². The van der Waals surface area contributed by atoms with Gasteiger partial charge in [-0.2, -0.15) is 0 Å². The molecule has 13 heavy (non-hydrogen) atoms. The van der Waals surface area contributed by atoms with Crippen LogP contribution in [0.25, 0.3) is 0 Å². The molecule has 1 aromatic rings. The lowest BCUT2D eigenvalue weighted by Crippen LogP contribution is -2.05. The predicted molar refractivity (Wildman–Crippen MR) is 47.1 cm³/mol. The SMILES string of the molecule is COC(=O)c1c(Br)ccc(O)c1F. The number of ether oxygens (including phenoxy) is 1. The Morgan fingerprint density at radius 3 is 2.77 bits per heavy atom. The molecule has 0 aliphatic rings. The van der Waals surface area contributed by atoms with Crippen molar-refractivity contribution in [3.05, 3.63) is 28.0 Å². The Hall–Kier alpha value is -1.10. The van der Waals surface area contributed by atoms with E-state index in [9.17, 15) is 9.18 Å². The molecule has 0 spiro atoms. The topological polar surface area (TPSA) is 46.5 Å². The highest BCUT2D eigenvalue weighted by Crippen LogP contribution is 2.26. The van der Waals surface area contributed by atoms with Crippen LogP contribution < -0.4 is 0 Å². The highest BCUT2D eigenvalue weighted by atomic mass is 79.9. The van der Waals surface area contributed by atoms with Crippen LogP contribution in [-0.2, 0) is 4.74 Å². The molecule has 1 rings (SSSR count). The molecule has 0 atom stereocenters. The average Bonchev–Trinajstić information content (AvgIpc) is 2.12. The summed E-state index contributed by atoms with van der Waals surface area (Å²) in [6, 6.07) is 2.51. The Kier molecular flexibility index (Phi) is 2.87. The summed E-state index contributed by atoms with van der Waals surface area (Å²) >= 11 is 2.97. The van der Waals surface area contributed by atoms with E-state index in [4.69, 9.17) is 5.11 Å². The average molecular weight is 249 g/mol. The van der Waals surface area contributed by atoms with E-state index in [-0.39, 0.29) is 10.0 Å². The molecule has 70 valence electrons. The number of hydrogen-bond acceptors (Lipinski definition) is 3. The van der Waals surface area contributed by atoms with Gasteiger partial charge in [0.05, 0.1) is 7.11 Å². The van der Waals surface area contributed by atoms with Gasteiger partial charge in [0.25, 0.3) is 0 Å². The van der Waals surface area contributed by atoms with Crippen LogP contribution >= 0.6 is 15.9 Å². The number of phenolic OH excluding ortho intramolecular Hbond substituents is 1. The van der Waals surface area contributed by atoms with Crippen molar-refractivity contribution >= 4 is 21.9 Å². The second kappa shape index (κ2) is 3.74. The third kappa shape index (κ3) is 1.80. The van der Waals surface area contributed by atoms with Crippen LogP contribution in [0.5, 0.6) is 5.75 Å². The van der Waals surface area contributed by atoms with Gasteiger partial charge in [0.1, 0.15) is 5.56 Å². The number of rotatable bonds is 1. The molecule has 0 aliphatic carbocycles. The molecule has 0 unspecified atom stereocenters. The summed E-state index contributed by atoms with van der Waals surface area (Å²) in [6.45, 7) is 0. The first-order valence-corrected chi connectivity index (χ1v) is 4.12. The van der Waals surface area contributed by atoms with Crippen molar-refractivity contribution in [1.82, 2.24) is 0 Å². The third-order valence-corrected chi connectivity index (χ3v) is 2.12. The summed E-state index contributed by atoms with van der Waals surface area (Å²) in [7, 11) is 1.14. The number of benzene rings is 1. The summed E-state index contributed by atoms with van der Waals surface area (Å²) in [5.41, 5.74) is -0.303. The normalized spacial score (nSPS) is 9.77. The lowest BCUT2D eigenvalue weighted by atomic mass is 10.2. The Bertz CT molecular complexity index is 351. The smallest absolute Gasteiger partial charge is 0.342 e. The van der Waals surface area contributed by atoms with Gasteiger partial charge in [-0.15, -0.1) is 0 Å². The van der Waals surface area contributed by atoms with E-state index in [2.05, 4.69) is 20.7 Å². The minimum atomic E-state index is -0.985. The van der Waals surface area contributed by atoms with E-state index in [0.29, 0.717) is 0 Å². The summed E-state index contributed by atoms with van der Waals surface area (Å²) in [5, 5.41) is 8.97. The zero-order valence-electron chi connectivity index (χ0n) is 6.67. The van der Waals surface area contributed by atoms with Crippen molar-refractivity contribution in [2.24, 2.45) is 0 Å². The summed E-state index contributed by atoms with van der Waals surface area (Å²) in [6.07, 6.45) is 0. The van der Waals surface area contributed by atoms with Crippen molar-refractivity contribution in [3.8, 4) is 5.75 Å². The van der Waals surface area contributed by atoms with Gasteiger partial charge >= 0.3 is 5.97 Å². The molecule has 0 heterocycles. The maximum Gasteiger partial charge on any atom is 0.342 e. The van der Waals surface area contributed by atoms with E-state index in [1.165, 1.54) is 6.07 Å². The lowest BCUT2D eigenvalue weighted by Gasteiger charge is -2.04. The van der Waals surface area contributed by atoms with Crippen LogP contribution in [0.4, 0.5) is 4.39 Å². The van der Waals surface area contributed by atoms with Crippen molar-refractivity contribution in [3.63, 3.8) is 0 Å². The maximum atomic E-state index is 13.1. The first kappa shape index (κ1) is 9.98. The molecular formula is C8H6BrFO3. The zero-order chi connectivity index (χ0) is 10.0. The van der Waals surface area contributed by atoms with Gasteiger partial charge in [-0.25, -0.2) is 9.18 Å². The van der Waals surface area contributed by atoms with Crippen molar-refractivity contribution in [2.45, 2.75) is 0 Å². The fourth-order valence-electron chi connectivity index (χ4n) is 0.831. The van der Waals surface area contributed by atoms with Gasteiger partial charge in [0.2, 0.25) is 0 Å². The highest BCUT2D eigenvalue weighted by molar-refractivity contribution is 9.10. The number of hydrogen-bond donors (Lipinski definition) is 1. The number of esters is 1. The summed E-state index contributed by atoms with van der Waals surface area (Å²) in [4.78, 5) is 11.0. The third-order valence-electron chi connectivity index (χ3n) is 1.46. The molecule has 0 saturated carbocycles. The molecule has 0 amide bonds. The molecule has 0 radical (unpaired) electrons. The quantitative estimate of drug-likeness (QED) is 0.775. The second-order valence-corrected chi connectivity index (χ2v) is 3.10. The molecule has 0 bridgehead atoms. The number of methoxy groups -OCH3 is 1. The zero-order valence-corrected chi connectivity index (χ0v) is 8.26. The minimum Gasteiger partial charge on any atom is -0.505 e. The Morgan fingerprint density at radius 1 is 1.62 bits per heavy atom. The number of aromatic hydroxyl groups is 1. The standard InChI is InChI=1S/C8H6BrFO3/c1-13-8(12)6-4(9)2-3-5(11)7(6)10/h2-3,11H,1H3. The minimum absolute atomic E-state index is 0.245. The van der Waals surface area contributed by atoms with Gasteiger partial charge < -0.3 is 9.84 Å². The van der Waals surface area contributed by atoms with Crippen molar-refractivity contribution < 1.29 is 19.0 Å². The highest BCUT2D eigenvalue weighted by Gasteiger charge is 2.18. The van der Waals surface area contributed by atoms with Gasteiger partial charge in [-0.05, 0) is 28.1 Å². The largest absolute Gasteiger partial charge is 0.505 e. The van der Waals surface area contributed by atoms with Gasteiger partial charge in [0, 0.05) is 4.47 Å². The van der Waals surface area contributed by atoms with Crippen LogP contribution in [-0.4, -0.2) is 18.2 Å².